The molecule has 1 saturated heterocycles. The van der Waals surface area contributed by atoms with Crippen LogP contribution >= 0.6 is 0 Å². The van der Waals surface area contributed by atoms with Crippen LogP contribution < -0.4 is 5.32 Å². The van der Waals surface area contributed by atoms with Gasteiger partial charge >= 0.3 is 0 Å². The SMILES string of the molecule is CCC1CN(Cc2ccn(C(C)C)n2)C(C)(CC)CN1. The predicted octanol–water partition coefficient (Wildman–Crippen LogP) is 2.82. The van der Waals surface area contributed by atoms with Crippen LogP contribution in [-0.2, 0) is 6.54 Å². The summed E-state index contributed by atoms with van der Waals surface area (Å²) in [5, 5.41) is 8.39. The molecule has 1 aromatic rings. The minimum atomic E-state index is 0.243. The number of rotatable bonds is 5. The lowest BCUT2D eigenvalue weighted by atomic mass is 9.91. The van der Waals surface area contributed by atoms with Gasteiger partial charge in [-0.2, -0.15) is 5.10 Å². The van der Waals surface area contributed by atoms with Crippen molar-refractivity contribution in [2.24, 2.45) is 0 Å². The van der Waals surface area contributed by atoms with Gasteiger partial charge in [-0.25, -0.2) is 0 Å². The predicted molar refractivity (Wildman–Crippen MR) is 83.8 cm³/mol. The Hall–Kier alpha value is -0.870. The molecule has 1 N–H and O–H groups in total. The van der Waals surface area contributed by atoms with Crippen LogP contribution in [0.3, 0.4) is 0 Å². The molecule has 1 aromatic heterocycles. The Morgan fingerprint density at radius 2 is 2.20 bits per heavy atom. The number of aromatic nitrogens is 2. The standard InChI is InChI=1S/C16H30N4/c1-6-14-10-19(16(5,7-2)12-17-14)11-15-8-9-20(18-15)13(3)4/h8-9,13-14,17H,6-7,10-12H2,1-5H3. The summed E-state index contributed by atoms with van der Waals surface area (Å²) in [6.07, 6.45) is 4.46. The van der Waals surface area contributed by atoms with E-state index in [4.69, 9.17) is 5.10 Å². The van der Waals surface area contributed by atoms with E-state index in [1.165, 1.54) is 18.5 Å². The molecule has 0 aliphatic carbocycles. The Morgan fingerprint density at radius 1 is 1.45 bits per heavy atom. The van der Waals surface area contributed by atoms with Crippen LogP contribution in [0.5, 0.6) is 0 Å². The molecular weight excluding hydrogens is 248 g/mol. The smallest absolute Gasteiger partial charge is 0.0765 e. The molecule has 0 spiro atoms. The molecule has 0 aromatic carbocycles. The Balaban J connectivity index is 2.10. The molecule has 4 heteroatoms. The first-order valence-corrected chi connectivity index (χ1v) is 8.01. The number of hydrogen-bond acceptors (Lipinski definition) is 3. The van der Waals surface area contributed by atoms with E-state index in [9.17, 15) is 0 Å². The molecule has 0 amide bonds. The van der Waals surface area contributed by atoms with Gasteiger partial charge in [-0.1, -0.05) is 13.8 Å². The van der Waals surface area contributed by atoms with E-state index in [1.54, 1.807) is 0 Å². The van der Waals surface area contributed by atoms with Crippen molar-refractivity contribution in [2.75, 3.05) is 13.1 Å². The fraction of sp³-hybridized carbons (Fsp3) is 0.812. The lowest BCUT2D eigenvalue weighted by Crippen LogP contribution is -2.62. The highest BCUT2D eigenvalue weighted by atomic mass is 15.3. The summed E-state index contributed by atoms with van der Waals surface area (Å²) < 4.78 is 2.05. The van der Waals surface area contributed by atoms with Crippen LogP contribution in [0.15, 0.2) is 12.3 Å². The summed E-state index contributed by atoms with van der Waals surface area (Å²) in [7, 11) is 0. The van der Waals surface area contributed by atoms with Gasteiger partial charge in [-0.05, 0) is 39.7 Å². The second-order valence-corrected chi connectivity index (χ2v) is 6.60. The number of hydrogen-bond donors (Lipinski definition) is 1. The van der Waals surface area contributed by atoms with Crippen molar-refractivity contribution in [3.05, 3.63) is 18.0 Å². The van der Waals surface area contributed by atoms with Crippen molar-refractivity contribution in [3.63, 3.8) is 0 Å². The normalized spacial score (nSPS) is 28.2. The van der Waals surface area contributed by atoms with Gasteiger partial charge in [0.05, 0.1) is 5.69 Å². The fourth-order valence-electron chi connectivity index (χ4n) is 2.85. The molecule has 4 nitrogen and oxygen atoms in total. The van der Waals surface area contributed by atoms with Crippen LogP contribution in [0, 0.1) is 0 Å². The first kappa shape index (κ1) is 15.5. The minimum absolute atomic E-state index is 0.243. The zero-order valence-corrected chi connectivity index (χ0v) is 13.7. The number of nitrogens with zero attached hydrogens (tertiary/aromatic N) is 3. The molecule has 0 saturated carbocycles. The first-order chi connectivity index (χ1) is 9.48. The van der Waals surface area contributed by atoms with Gasteiger partial charge in [0, 0.05) is 43.5 Å². The van der Waals surface area contributed by atoms with E-state index in [2.05, 4.69) is 61.8 Å². The Kier molecular flexibility index (Phi) is 4.86. The third kappa shape index (κ3) is 3.23. The molecule has 114 valence electrons. The van der Waals surface area contributed by atoms with Crippen LogP contribution in [0.2, 0.25) is 0 Å². The van der Waals surface area contributed by atoms with Gasteiger partial charge in [0.2, 0.25) is 0 Å². The summed E-state index contributed by atoms with van der Waals surface area (Å²) in [5.74, 6) is 0. The van der Waals surface area contributed by atoms with Crippen molar-refractivity contribution < 1.29 is 0 Å². The van der Waals surface area contributed by atoms with Crippen molar-refractivity contribution >= 4 is 0 Å². The molecule has 20 heavy (non-hydrogen) atoms. The van der Waals surface area contributed by atoms with Gasteiger partial charge in [0.1, 0.15) is 0 Å². The van der Waals surface area contributed by atoms with Crippen molar-refractivity contribution in [1.82, 2.24) is 20.0 Å². The lowest BCUT2D eigenvalue weighted by molar-refractivity contribution is 0.0396. The van der Waals surface area contributed by atoms with E-state index in [0.29, 0.717) is 12.1 Å². The highest BCUT2D eigenvalue weighted by molar-refractivity contribution is 5.03. The maximum atomic E-state index is 4.71. The summed E-state index contributed by atoms with van der Waals surface area (Å²) >= 11 is 0. The van der Waals surface area contributed by atoms with E-state index >= 15 is 0 Å². The average Bonchev–Trinajstić information content (AvgIpc) is 2.90. The third-order valence-corrected chi connectivity index (χ3v) is 4.78. The van der Waals surface area contributed by atoms with Crippen LogP contribution in [0.1, 0.15) is 59.2 Å². The van der Waals surface area contributed by atoms with Crippen molar-refractivity contribution in [1.29, 1.82) is 0 Å². The van der Waals surface area contributed by atoms with E-state index in [1.807, 2.05) is 0 Å². The topological polar surface area (TPSA) is 33.1 Å². The maximum absolute atomic E-state index is 4.71. The molecule has 0 radical (unpaired) electrons. The van der Waals surface area contributed by atoms with Gasteiger partial charge in [0.25, 0.3) is 0 Å². The maximum Gasteiger partial charge on any atom is 0.0765 e. The molecule has 1 aliphatic rings. The Morgan fingerprint density at radius 3 is 2.75 bits per heavy atom. The largest absolute Gasteiger partial charge is 0.311 e. The first-order valence-electron chi connectivity index (χ1n) is 8.01. The quantitative estimate of drug-likeness (QED) is 0.899. The van der Waals surface area contributed by atoms with E-state index in [-0.39, 0.29) is 5.54 Å². The molecule has 2 unspecified atom stereocenters. The summed E-state index contributed by atoms with van der Waals surface area (Å²) in [5.41, 5.74) is 1.43. The van der Waals surface area contributed by atoms with Crippen LogP contribution in [-0.4, -0.2) is 39.4 Å². The molecular formula is C16H30N4. The molecule has 2 rings (SSSR count). The van der Waals surface area contributed by atoms with Gasteiger partial charge in [-0.15, -0.1) is 0 Å². The Bertz CT molecular complexity index is 426. The zero-order chi connectivity index (χ0) is 14.8. The number of piperazine rings is 1. The van der Waals surface area contributed by atoms with Gasteiger partial charge in [-0.3, -0.25) is 9.58 Å². The van der Waals surface area contributed by atoms with Crippen molar-refractivity contribution in [3.8, 4) is 0 Å². The highest BCUT2D eigenvalue weighted by Crippen LogP contribution is 2.25. The monoisotopic (exact) mass is 278 g/mol. The second-order valence-electron chi connectivity index (χ2n) is 6.60. The fourth-order valence-corrected chi connectivity index (χ4v) is 2.85. The van der Waals surface area contributed by atoms with Crippen LogP contribution in [0.25, 0.3) is 0 Å². The van der Waals surface area contributed by atoms with Crippen molar-refractivity contribution in [2.45, 2.75) is 71.6 Å². The summed E-state index contributed by atoms with van der Waals surface area (Å²) in [4.78, 5) is 2.62. The minimum Gasteiger partial charge on any atom is -0.311 e. The third-order valence-electron chi connectivity index (χ3n) is 4.78. The zero-order valence-electron chi connectivity index (χ0n) is 13.7. The summed E-state index contributed by atoms with van der Waals surface area (Å²) in [6.45, 7) is 14.4. The van der Waals surface area contributed by atoms with E-state index < -0.39 is 0 Å². The van der Waals surface area contributed by atoms with Gasteiger partial charge in [0.15, 0.2) is 0 Å². The molecule has 1 fully saturated rings. The second kappa shape index (κ2) is 6.27. The molecule has 2 atom stereocenters. The lowest BCUT2D eigenvalue weighted by Gasteiger charge is -2.47. The highest BCUT2D eigenvalue weighted by Gasteiger charge is 2.35. The molecule has 0 bridgehead atoms. The number of nitrogens with one attached hydrogen (secondary N) is 1. The molecule has 2 heterocycles. The Labute approximate surface area is 123 Å². The average molecular weight is 278 g/mol. The van der Waals surface area contributed by atoms with Gasteiger partial charge < -0.3 is 5.32 Å². The summed E-state index contributed by atoms with van der Waals surface area (Å²) in [6, 6.07) is 3.22. The molecule has 1 aliphatic heterocycles. The van der Waals surface area contributed by atoms with Crippen LogP contribution in [0.4, 0.5) is 0 Å². The van der Waals surface area contributed by atoms with E-state index in [0.717, 1.165) is 19.6 Å².